The maximum atomic E-state index is 12.3. The van der Waals surface area contributed by atoms with Gasteiger partial charge in [-0.2, -0.15) is 0 Å². The van der Waals surface area contributed by atoms with Crippen LogP contribution in [0.5, 0.6) is 0 Å². The molecule has 0 aliphatic heterocycles. The molecule has 0 spiro atoms. The van der Waals surface area contributed by atoms with E-state index < -0.39 is 5.91 Å². The van der Waals surface area contributed by atoms with Crippen molar-refractivity contribution in [1.29, 1.82) is 0 Å². The predicted molar refractivity (Wildman–Crippen MR) is 143 cm³/mol. The molecule has 1 aromatic carbocycles. The minimum atomic E-state index is -0.409. The molecule has 0 radical (unpaired) electrons. The second-order valence-electron chi connectivity index (χ2n) is 8.58. The molecule has 0 bridgehead atoms. The molecule has 0 atom stereocenters. The summed E-state index contributed by atoms with van der Waals surface area (Å²) >= 11 is 0. The van der Waals surface area contributed by atoms with Crippen LogP contribution in [0.15, 0.2) is 24.3 Å². The number of unbranched alkanes of at least 4 members (excludes halogenated alkanes) is 3. The number of carbonyl (C=O) groups excluding carboxylic acids is 5. The smallest absolute Gasteiger partial charge is 0.251 e. The monoisotopic (exact) mass is 551 g/mol. The van der Waals surface area contributed by atoms with Crippen molar-refractivity contribution >= 4 is 35.2 Å². The number of hydrogen-bond acceptors (Lipinski definition) is 8. The summed E-state index contributed by atoms with van der Waals surface area (Å²) in [4.78, 5) is 57.9. The van der Waals surface area contributed by atoms with Gasteiger partial charge in [0.25, 0.3) is 5.91 Å². The Morgan fingerprint density at radius 2 is 1.31 bits per heavy atom. The third-order valence-corrected chi connectivity index (χ3v) is 5.44. The number of hydrogen-bond donors (Lipinski definition) is 6. The average Bonchev–Trinajstić information content (AvgIpc) is 2.93. The molecule has 218 valence electrons. The van der Waals surface area contributed by atoms with Crippen molar-refractivity contribution in [3.8, 4) is 0 Å². The van der Waals surface area contributed by atoms with Crippen LogP contribution >= 0.6 is 0 Å². The van der Waals surface area contributed by atoms with Gasteiger partial charge < -0.3 is 30.7 Å². The van der Waals surface area contributed by atoms with Crippen molar-refractivity contribution in [2.45, 2.75) is 51.4 Å². The fourth-order valence-electron chi connectivity index (χ4n) is 3.26. The van der Waals surface area contributed by atoms with Gasteiger partial charge in [0.2, 0.25) is 23.6 Å². The minimum Gasteiger partial charge on any atom is -0.379 e. The highest BCUT2D eigenvalue weighted by Gasteiger charge is 2.07. The molecule has 0 aliphatic carbocycles. The Kier molecular flexibility index (Phi) is 18.4. The molecule has 1 aromatic rings. The molecule has 0 saturated heterocycles. The van der Waals surface area contributed by atoms with Crippen LogP contribution in [0.3, 0.4) is 0 Å². The minimum absolute atomic E-state index is 0.123. The van der Waals surface area contributed by atoms with Crippen molar-refractivity contribution in [2.24, 2.45) is 0 Å². The molecule has 0 aliphatic rings. The lowest BCUT2D eigenvalue weighted by atomic mass is 10.1. The summed E-state index contributed by atoms with van der Waals surface area (Å²) in [6, 6.07) is 6.58. The van der Waals surface area contributed by atoms with Gasteiger partial charge in [0.15, 0.2) is 0 Å². The van der Waals surface area contributed by atoms with Gasteiger partial charge in [-0.1, -0.05) is 12.8 Å². The first-order chi connectivity index (χ1) is 18.8. The van der Waals surface area contributed by atoms with Crippen LogP contribution in [-0.2, 0) is 28.7 Å². The zero-order valence-electron chi connectivity index (χ0n) is 22.5. The van der Waals surface area contributed by atoms with Crippen LogP contribution in [0, 0.1) is 0 Å². The Morgan fingerprint density at radius 1 is 0.667 bits per heavy atom. The maximum absolute atomic E-state index is 12.3. The van der Waals surface area contributed by atoms with E-state index in [2.05, 4.69) is 21.3 Å². The molecule has 13 nitrogen and oxygen atoms in total. The quantitative estimate of drug-likeness (QED) is 0.0738. The zero-order chi connectivity index (χ0) is 28.7. The first kappa shape index (κ1) is 33.5. The number of rotatable bonds is 21. The van der Waals surface area contributed by atoms with Gasteiger partial charge in [0.05, 0.1) is 26.4 Å². The molecule has 0 unspecified atom stereocenters. The topological polar surface area (TPSA) is 184 Å². The number of benzene rings is 1. The molecule has 39 heavy (non-hydrogen) atoms. The van der Waals surface area contributed by atoms with Gasteiger partial charge in [-0.3, -0.25) is 29.2 Å². The Hall–Kier alpha value is -3.55. The van der Waals surface area contributed by atoms with Gasteiger partial charge >= 0.3 is 0 Å². The van der Waals surface area contributed by atoms with Gasteiger partial charge in [0.1, 0.15) is 0 Å². The van der Waals surface area contributed by atoms with Crippen molar-refractivity contribution in [1.82, 2.24) is 21.4 Å². The second kappa shape index (κ2) is 21.4. The first-order valence-electron chi connectivity index (χ1n) is 13.1. The van der Waals surface area contributed by atoms with Crippen molar-refractivity contribution in [3.05, 3.63) is 29.8 Å². The van der Waals surface area contributed by atoms with Gasteiger partial charge in [-0.25, -0.2) is 5.48 Å². The molecule has 0 saturated carbocycles. The molecule has 0 heterocycles. The SMILES string of the molecule is CNC(=O)CCNC(=O)CCOCCOCCNC(=O)c1ccc(NC(=O)CCCCCCC(=O)NO)cc1. The number of amides is 5. The van der Waals surface area contributed by atoms with E-state index in [1.54, 1.807) is 29.7 Å². The van der Waals surface area contributed by atoms with Gasteiger partial charge in [0, 0.05) is 57.1 Å². The summed E-state index contributed by atoms with van der Waals surface area (Å²) < 4.78 is 10.7. The van der Waals surface area contributed by atoms with E-state index >= 15 is 0 Å². The maximum Gasteiger partial charge on any atom is 0.251 e. The fourth-order valence-corrected chi connectivity index (χ4v) is 3.26. The van der Waals surface area contributed by atoms with Crippen molar-refractivity contribution < 1.29 is 38.7 Å². The normalized spacial score (nSPS) is 10.4. The fraction of sp³-hybridized carbons (Fsp3) is 0.577. The summed E-state index contributed by atoms with van der Waals surface area (Å²) in [7, 11) is 1.54. The summed E-state index contributed by atoms with van der Waals surface area (Å²) in [5.74, 6) is -1.11. The van der Waals surface area contributed by atoms with E-state index in [1.807, 2.05) is 0 Å². The Bertz CT molecular complexity index is 895. The van der Waals surface area contributed by atoms with Crippen molar-refractivity contribution in [3.63, 3.8) is 0 Å². The lowest BCUT2D eigenvalue weighted by molar-refractivity contribution is -0.129. The molecule has 1 rings (SSSR count). The van der Waals surface area contributed by atoms with E-state index in [0.29, 0.717) is 56.9 Å². The highest BCUT2D eigenvalue weighted by Crippen LogP contribution is 2.11. The highest BCUT2D eigenvalue weighted by molar-refractivity contribution is 5.95. The number of anilines is 1. The van der Waals surface area contributed by atoms with E-state index in [0.717, 1.165) is 12.8 Å². The lowest BCUT2D eigenvalue weighted by Gasteiger charge is -2.09. The molecule has 6 N–H and O–H groups in total. The second-order valence-corrected chi connectivity index (χ2v) is 8.58. The van der Waals surface area contributed by atoms with E-state index in [4.69, 9.17) is 14.7 Å². The third-order valence-electron chi connectivity index (χ3n) is 5.44. The number of hydroxylamine groups is 1. The summed E-state index contributed by atoms with van der Waals surface area (Å²) in [6.07, 6.45) is 4.00. The molecular formula is C26H41N5O8. The number of carbonyl (C=O) groups is 5. The Morgan fingerprint density at radius 3 is 1.95 bits per heavy atom. The predicted octanol–water partition coefficient (Wildman–Crippen LogP) is 0.877. The van der Waals surface area contributed by atoms with Gasteiger partial charge in [-0.15, -0.1) is 0 Å². The summed E-state index contributed by atoms with van der Waals surface area (Å²) in [5, 5.41) is 19.1. The molecule has 0 aromatic heterocycles. The largest absolute Gasteiger partial charge is 0.379 e. The highest BCUT2D eigenvalue weighted by atomic mass is 16.5. The molecular weight excluding hydrogens is 510 g/mol. The van der Waals surface area contributed by atoms with Crippen molar-refractivity contribution in [2.75, 3.05) is 51.9 Å². The van der Waals surface area contributed by atoms with E-state index in [1.165, 1.54) is 7.05 Å². The van der Waals surface area contributed by atoms with Crippen LogP contribution in [0.2, 0.25) is 0 Å². The standard InChI is InChI=1S/C26H41N5O8/c1-27-22(32)12-14-28-23(33)13-16-38-18-19-39-17-15-29-26(36)20-8-10-21(11-9-20)30-24(34)6-4-2-3-5-7-25(35)31-37/h8-11,37H,2-7,12-19H2,1H3,(H,27,32)(H,28,33)(H,29,36)(H,30,34)(H,31,35). The van der Waals surface area contributed by atoms with E-state index in [9.17, 15) is 24.0 Å². The van der Waals surface area contributed by atoms with Crippen LogP contribution in [0.4, 0.5) is 5.69 Å². The Balaban J connectivity index is 2.06. The van der Waals surface area contributed by atoms with Gasteiger partial charge in [-0.05, 0) is 37.1 Å². The molecule has 13 heteroatoms. The lowest BCUT2D eigenvalue weighted by Crippen LogP contribution is -2.29. The Labute approximate surface area is 228 Å². The van der Waals surface area contributed by atoms with Crippen LogP contribution < -0.4 is 26.7 Å². The van der Waals surface area contributed by atoms with Crippen LogP contribution in [0.1, 0.15) is 61.7 Å². The average molecular weight is 552 g/mol. The molecule has 5 amide bonds. The zero-order valence-corrected chi connectivity index (χ0v) is 22.5. The summed E-state index contributed by atoms with van der Waals surface area (Å²) in [5.41, 5.74) is 2.64. The number of ether oxygens (including phenoxy) is 2. The van der Waals surface area contributed by atoms with Crippen LogP contribution in [-0.4, -0.2) is 81.3 Å². The number of nitrogens with one attached hydrogen (secondary N) is 5. The summed E-state index contributed by atoms with van der Waals surface area (Å²) in [6.45, 7) is 1.79. The third kappa shape index (κ3) is 17.6. The van der Waals surface area contributed by atoms with E-state index in [-0.39, 0.29) is 56.0 Å². The van der Waals surface area contributed by atoms with Crippen LogP contribution in [0.25, 0.3) is 0 Å². The first-order valence-corrected chi connectivity index (χ1v) is 13.1. The molecule has 0 fully saturated rings.